The number of nitrogens with zero attached hydrogens (tertiary/aromatic N) is 1. The van der Waals surface area contributed by atoms with E-state index in [1.165, 1.54) is 11.6 Å². The van der Waals surface area contributed by atoms with E-state index in [-0.39, 0.29) is 11.7 Å². The second-order valence-electron chi connectivity index (χ2n) is 4.63. The number of carboxylic acids is 1. The van der Waals surface area contributed by atoms with E-state index in [1.807, 2.05) is 25.1 Å². The van der Waals surface area contributed by atoms with Gasteiger partial charge >= 0.3 is 5.97 Å². The molecule has 0 fully saturated rings. The Balaban J connectivity index is 2.08. The number of halogens is 1. The lowest BCUT2D eigenvalue weighted by atomic mass is 10.1. The van der Waals surface area contributed by atoms with Crippen molar-refractivity contribution >= 4 is 17.6 Å². The standard InChI is InChI=1S/C15H16ClNO2/c1-11(7-8-12-5-3-2-4-6-12)17-10-13(16)9-14(17)15(18)19/h2-6,9-11H,7-8H2,1H3,(H,18,19). The molecule has 19 heavy (non-hydrogen) atoms. The van der Waals surface area contributed by atoms with Crippen molar-refractivity contribution in [2.75, 3.05) is 0 Å². The summed E-state index contributed by atoms with van der Waals surface area (Å²) in [5, 5.41) is 9.60. The molecule has 0 amide bonds. The number of hydrogen-bond acceptors (Lipinski definition) is 1. The lowest BCUT2D eigenvalue weighted by Gasteiger charge is -2.15. The van der Waals surface area contributed by atoms with Crippen molar-refractivity contribution in [2.24, 2.45) is 0 Å². The van der Waals surface area contributed by atoms with Crippen LogP contribution in [0.2, 0.25) is 5.02 Å². The summed E-state index contributed by atoms with van der Waals surface area (Å²) in [6.45, 7) is 2.01. The first kappa shape index (κ1) is 13.7. The molecular weight excluding hydrogens is 262 g/mol. The zero-order valence-electron chi connectivity index (χ0n) is 10.7. The van der Waals surface area contributed by atoms with Crippen molar-refractivity contribution in [3.63, 3.8) is 0 Å². The molecule has 1 aromatic carbocycles. The summed E-state index contributed by atoms with van der Waals surface area (Å²) in [4.78, 5) is 11.1. The van der Waals surface area contributed by atoms with Crippen LogP contribution in [0.15, 0.2) is 42.6 Å². The predicted molar refractivity (Wildman–Crippen MR) is 75.9 cm³/mol. The Labute approximate surface area is 117 Å². The Kier molecular flexibility index (Phi) is 4.27. The van der Waals surface area contributed by atoms with Crippen molar-refractivity contribution in [1.82, 2.24) is 4.57 Å². The average Bonchev–Trinajstić information content (AvgIpc) is 2.79. The first-order valence-electron chi connectivity index (χ1n) is 6.22. The van der Waals surface area contributed by atoms with Gasteiger partial charge in [-0.2, -0.15) is 0 Å². The number of benzene rings is 1. The van der Waals surface area contributed by atoms with Gasteiger partial charge in [0, 0.05) is 12.2 Å². The molecule has 0 saturated heterocycles. The average molecular weight is 278 g/mol. The summed E-state index contributed by atoms with van der Waals surface area (Å²) >= 11 is 5.89. The molecule has 0 spiro atoms. The van der Waals surface area contributed by atoms with Crippen LogP contribution in [-0.2, 0) is 6.42 Å². The van der Waals surface area contributed by atoms with E-state index in [9.17, 15) is 4.79 Å². The molecule has 0 bridgehead atoms. The second kappa shape index (κ2) is 5.93. The topological polar surface area (TPSA) is 42.2 Å². The Hall–Kier alpha value is -1.74. The molecule has 2 aromatic rings. The lowest BCUT2D eigenvalue weighted by molar-refractivity contribution is 0.0682. The van der Waals surface area contributed by atoms with E-state index in [2.05, 4.69) is 12.1 Å². The van der Waals surface area contributed by atoms with E-state index < -0.39 is 5.97 Å². The van der Waals surface area contributed by atoms with Crippen LogP contribution in [-0.4, -0.2) is 15.6 Å². The molecule has 0 saturated carbocycles. The summed E-state index contributed by atoms with van der Waals surface area (Å²) in [6.07, 6.45) is 3.47. The van der Waals surface area contributed by atoms with Gasteiger partial charge in [0.05, 0.1) is 5.02 Å². The minimum Gasteiger partial charge on any atom is -0.477 e. The third kappa shape index (κ3) is 3.38. The van der Waals surface area contributed by atoms with Crippen LogP contribution in [0.25, 0.3) is 0 Å². The van der Waals surface area contributed by atoms with Gasteiger partial charge in [-0.1, -0.05) is 41.9 Å². The molecule has 100 valence electrons. The maximum Gasteiger partial charge on any atom is 0.352 e. The van der Waals surface area contributed by atoms with Crippen LogP contribution >= 0.6 is 11.6 Å². The molecule has 2 rings (SSSR count). The number of carboxylic acid groups (broad SMARTS) is 1. The third-order valence-electron chi connectivity index (χ3n) is 3.20. The normalized spacial score (nSPS) is 12.3. The molecule has 0 aliphatic rings. The van der Waals surface area contributed by atoms with Crippen LogP contribution in [0.5, 0.6) is 0 Å². The van der Waals surface area contributed by atoms with Gasteiger partial charge in [0.25, 0.3) is 0 Å². The summed E-state index contributed by atoms with van der Waals surface area (Å²) in [6, 6.07) is 11.7. The molecular formula is C15H16ClNO2. The molecule has 1 unspecified atom stereocenters. The fourth-order valence-electron chi connectivity index (χ4n) is 2.14. The van der Waals surface area contributed by atoms with Gasteiger partial charge < -0.3 is 9.67 Å². The van der Waals surface area contributed by atoms with Crippen LogP contribution < -0.4 is 0 Å². The van der Waals surface area contributed by atoms with E-state index in [0.717, 1.165) is 12.8 Å². The van der Waals surface area contributed by atoms with Gasteiger partial charge in [-0.25, -0.2) is 4.79 Å². The molecule has 1 N–H and O–H groups in total. The number of carbonyl (C=O) groups is 1. The molecule has 0 aliphatic carbocycles. The van der Waals surface area contributed by atoms with Gasteiger partial charge in [0.15, 0.2) is 0 Å². The SMILES string of the molecule is CC(CCc1ccccc1)n1cc(Cl)cc1C(=O)O. The first-order valence-corrected chi connectivity index (χ1v) is 6.60. The summed E-state index contributed by atoms with van der Waals surface area (Å²) in [5.74, 6) is -0.946. The van der Waals surface area contributed by atoms with Crippen molar-refractivity contribution in [3.05, 3.63) is 58.9 Å². The zero-order valence-corrected chi connectivity index (χ0v) is 11.5. The van der Waals surface area contributed by atoms with E-state index in [4.69, 9.17) is 16.7 Å². The molecule has 0 radical (unpaired) electrons. The highest BCUT2D eigenvalue weighted by Crippen LogP contribution is 2.22. The van der Waals surface area contributed by atoms with Gasteiger partial charge in [0.2, 0.25) is 0 Å². The van der Waals surface area contributed by atoms with E-state index in [1.54, 1.807) is 10.8 Å². The van der Waals surface area contributed by atoms with E-state index >= 15 is 0 Å². The number of aromatic carboxylic acids is 1. The van der Waals surface area contributed by atoms with Gasteiger partial charge in [-0.05, 0) is 31.4 Å². The summed E-state index contributed by atoms with van der Waals surface area (Å²) in [5.41, 5.74) is 1.50. The monoisotopic (exact) mass is 277 g/mol. The van der Waals surface area contributed by atoms with Crippen LogP contribution in [0.3, 0.4) is 0 Å². The van der Waals surface area contributed by atoms with Crippen LogP contribution in [0.4, 0.5) is 0 Å². The number of aromatic nitrogens is 1. The maximum absolute atomic E-state index is 11.1. The molecule has 3 nitrogen and oxygen atoms in total. The molecule has 4 heteroatoms. The number of rotatable bonds is 5. The Morgan fingerprint density at radius 1 is 1.37 bits per heavy atom. The quantitative estimate of drug-likeness (QED) is 0.896. The highest BCUT2D eigenvalue weighted by atomic mass is 35.5. The van der Waals surface area contributed by atoms with Crippen LogP contribution in [0, 0.1) is 0 Å². The zero-order chi connectivity index (χ0) is 13.8. The number of hydrogen-bond donors (Lipinski definition) is 1. The van der Waals surface area contributed by atoms with E-state index in [0.29, 0.717) is 5.02 Å². The molecule has 0 aliphatic heterocycles. The fourth-order valence-corrected chi connectivity index (χ4v) is 2.35. The van der Waals surface area contributed by atoms with Crippen molar-refractivity contribution in [1.29, 1.82) is 0 Å². The van der Waals surface area contributed by atoms with Crippen molar-refractivity contribution in [3.8, 4) is 0 Å². The van der Waals surface area contributed by atoms with Gasteiger partial charge in [-0.3, -0.25) is 0 Å². The molecule has 1 atom stereocenters. The summed E-state index contributed by atoms with van der Waals surface area (Å²) in [7, 11) is 0. The summed E-state index contributed by atoms with van der Waals surface area (Å²) < 4.78 is 1.73. The minimum atomic E-state index is -0.946. The highest BCUT2D eigenvalue weighted by molar-refractivity contribution is 6.30. The van der Waals surface area contributed by atoms with Gasteiger partial charge in [-0.15, -0.1) is 0 Å². The Morgan fingerprint density at radius 3 is 2.68 bits per heavy atom. The van der Waals surface area contributed by atoms with Crippen LogP contribution in [0.1, 0.15) is 35.4 Å². The lowest BCUT2D eigenvalue weighted by Crippen LogP contribution is -2.12. The Bertz CT molecular complexity index is 563. The predicted octanol–water partition coefficient (Wildman–Crippen LogP) is 4.03. The highest BCUT2D eigenvalue weighted by Gasteiger charge is 2.16. The largest absolute Gasteiger partial charge is 0.477 e. The third-order valence-corrected chi connectivity index (χ3v) is 3.41. The fraction of sp³-hybridized carbons (Fsp3) is 0.267. The minimum absolute atomic E-state index is 0.0961. The molecule has 1 aromatic heterocycles. The smallest absolute Gasteiger partial charge is 0.352 e. The molecule has 1 heterocycles. The van der Waals surface area contributed by atoms with Crippen molar-refractivity contribution < 1.29 is 9.90 Å². The second-order valence-corrected chi connectivity index (χ2v) is 5.07. The van der Waals surface area contributed by atoms with Crippen molar-refractivity contribution in [2.45, 2.75) is 25.8 Å². The Morgan fingerprint density at radius 2 is 2.05 bits per heavy atom. The van der Waals surface area contributed by atoms with Gasteiger partial charge in [0.1, 0.15) is 5.69 Å². The number of aryl methyl sites for hydroxylation is 1. The maximum atomic E-state index is 11.1. The first-order chi connectivity index (χ1) is 9.08.